The summed E-state index contributed by atoms with van der Waals surface area (Å²) < 4.78 is 0. The molecule has 1 saturated heterocycles. The monoisotopic (exact) mass is 230 g/mol. The van der Waals surface area contributed by atoms with Gasteiger partial charge >= 0.3 is 0 Å². The van der Waals surface area contributed by atoms with Crippen LogP contribution in [-0.4, -0.2) is 13.1 Å². The number of nitrogens with two attached hydrogens (primary N) is 1. The molecule has 1 heterocycles. The van der Waals surface area contributed by atoms with E-state index in [9.17, 15) is 0 Å². The quantitative estimate of drug-likeness (QED) is 0.846. The second-order valence-electron chi connectivity index (χ2n) is 5.79. The second-order valence-corrected chi connectivity index (χ2v) is 5.79. The van der Waals surface area contributed by atoms with Gasteiger partial charge in [-0.05, 0) is 30.5 Å². The van der Waals surface area contributed by atoms with Gasteiger partial charge in [0.1, 0.15) is 0 Å². The number of benzene rings is 1. The van der Waals surface area contributed by atoms with Crippen LogP contribution in [0.3, 0.4) is 0 Å². The Labute approximate surface area is 104 Å². The molecule has 0 bridgehead atoms. The average molecular weight is 230 g/mol. The van der Waals surface area contributed by atoms with Crippen LogP contribution in [0.1, 0.15) is 37.7 Å². The van der Waals surface area contributed by atoms with Gasteiger partial charge in [0, 0.05) is 30.7 Å². The van der Waals surface area contributed by atoms with Crippen LogP contribution in [-0.2, 0) is 6.54 Å². The van der Waals surface area contributed by atoms with Gasteiger partial charge < -0.3 is 10.6 Å². The lowest BCUT2D eigenvalue weighted by Gasteiger charge is -2.53. The van der Waals surface area contributed by atoms with E-state index in [0.29, 0.717) is 12.0 Å². The molecule has 2 nitrogen and oxygen atoms in total. The maximum Gasteiger partial charge on any atom is 0.0369 e. The van der Waals surface area contributed by atoms with Crippen molar-refractivity contribution in [2.75, 3.05) is 18.0 Å². The number of hydrogen-bond donors (Lipinski definition) is 1. The van der Waals surface area contributed by atoms with Crippen molar-refractivity contribution in [2.45, 2.75) is 38.6 Å². The van der Waals surface area contributed by atoms with E-state index in [1.165, 1.54) is 56.4 Å². The van der Waals surface area contributed by atoms with Gasteiger partial charge in [-0.2, -0.15) is 0 Å². The van der Waals surface area contributed by atoms with Crippen LogP contribution in [0.5, 0.6) is 0 Å². The third-order valence-electron chi connectivity index (χ3n) is 4.48. The third-order valence-corrected chi connectivity index (χ3v) is 4.48. The van der Waals surface area contributed by atoms with Crippen LogP contribution < -0.4 is 10.6 Å². The molecule has 0 unspecified atom stereocenters. The molecule has 1 aromatic rings. The normalized spacial score (nSPS) is 22.5. The van der Waals surface area contributed by atoms with E-state index in [-0.39, 0.29) is 0 Å². The van der Waals surface area contributed by atoms with Crippen LogP contribution in [0, 0.1) is 5.41 Å². The molecule has 17 heavy (non-hydrogen) atoms. The van der Waals surface area contributed by atoms with Gasteiger partial charge in [-0.15, -0.1) is 0 Å². The van der Waals surface area contributed by atoms with Gasteiger partial charge in [-0.1, -0.05) is 31.4 Å². The van der Waals surface area contributed by atoms with Crippen LogP contribution >= 0.6 is 0 Å². The number of rotatable bonds is 2. The molecule has 0 radical (unpaired) electrons. The summed E-state index contributed by atoms with van der Waals surface area (Å²) in [5.41, 5.74) is 8.97. The Morgan fingerprint density at radius 1 is 1.12 bits per heavy atom. The van der Waals surface area contributed by atoms with Crippen molar-refractivity contribution < 1.29 is 0 Å². The Kier molecular flexibility index (Phi) is 2.83. The number of anilines is 1. The number of hydrogen-bond acceptors (Lipinski definition) is 2. The van der Waals surface area contributed by atoms with Crippen LogP contribution in [0.15, 0.2) is 24.3 Å². The summed E-state index contributed by atoms with van der Waals surface area (Å²) in [5.74, 6) is 0. The standard InChI is InChI=1S/C15H22N2/c16-10-13-5-4-6-14(9-13)17-11-15(12-17)7-2-1-3-8-15/h4-6,9H,1-3,7-8,10-12,16H2. The van der Waals surface area contributed by atoms with Gasteiger partial charge in [-0.3, -0.25) is 0 Å². The molecule has 1 aliphatic carbocycles. The highest BCUT2D eigenvalue weighted by Crippen LogP contribution is 2.45. The van der Waals surface area contributed by atoms with E-state index in [4.69, 9.17) is 5.73 Å². The lowest BCUT2D eigenvalue weighted by atomic mass is 9.68. The molecule has 2 aliphatic rings. The summed E-state index contributed by atoms with van der Waals surface area (Å²) >= 11 is 0. The zero-order valence-electron chi connectivity index (χ0n) is 10.5. The molecule has 0 atom stereocenters. The van der Waals surface area contributed by atoms with Crippen molar-refractivity contribution in [3.05, 3.63) is 29.8 Å². The van der Waals surface area contributed by atoms with Crippen LogP contribution in [0.2, 0.25) is 0 Å². The van der Waals surface area contributed by atoms with Crippen molar-refractivity contribution in [3.63, 3.8) is 0 Å². The molecular formula is C15H22N2. The summed E-state index contributed by atoms with van der Waals surface area (Å²) in [5, 5.41) is 0. The molecule has 0 amide bonds. The molecule has 0 aromatic heterocycles. The Balaban J connectivity index is 1.67. The lowest BCUT2D eigenvalue weighted by Crippen LogP contribution is -2.57. The fourth-order valence-electron chi connectivity index (χ4n) is 3.44. The predicted octanol–water partition coefficient (Wildman–Crippen LogP) is 2.92. The lowest BCUT2D eigenvalue weighted by molar-refractivity contribution is 0.139. The fraction of sp³-hybridized carbons (Fsp3) is 0.600. The van der Waals surface area contributed by atoms with Crippen molar-refractivity contribution in [3.8, 4) is 0 Å². The molecule has 1 aromatic carbocycles. The Hall–Kier alpha value is -1.02. The van der Waals surface area contributed by atoms with Gasteiger partial charge in [0.15, 0.2) is 0 Å². The van der Waals surface area contributed by atoms with Crippen molar-refractivity contribution in [1.29, 1.82) is 0 Å². The highest BCUT2D eigenvalue weighted by molar-refractivity contribution is 5.51. The first-order chi connectivity index (χ1) is 8.31. The minimum atomic E-state index is 0.646. The van der Waals surface area contributed by atoms with Gasteiger partial charge in [0.2, 0.25) is 0 Å². The maximum atomic E-state index is 5.70. The van der Waals surface area contributed by atoms with Crippen LogP contribution in [0.25, 0.3) is 0 Å². The Morgan fingerprint density at radius 2 is 1.88 bits per heavy atom. The molecule has 1 saturated carbocycles. The molecule has 1 aliphatic heterocycles. The zero-order chi connectivity index (χ0) is 11.7. The van der Waals surface area contributed by atoms with Crippen molar-refractivity contribution >= 4 is 5.69 Å². The van der Waals surface area contributed by atoms with Gasteiger partial charge in [0.25, 0.3) is 0 Å². The zero-order valence-corrected chi connectivity index (χ0v) is 10.5. The minimum absolute atomic E-state index is 0.646. The second kappa shape index (κ2) is 4.34. The van der Waals surface area contributed by atoms with Crippen molar-refractivity contribution in [1.82, 2.24) is 0 Å². The summed E-state index contributed by atoms with van der Waals surface area (Å²) in [7, 11) is 0. The summed E-state index contributed by atoms with van der Waals surface area (Å²) in [6.45, 7) is 3.18. The van der Waals surface area contributed by atoms with E-state index >= 15 is 0 Å². The first-order valence-electron chi connectivity index (χ1n) is 6.85. The summed E-state index contributed by atoms with van der Waals surface area (Å²) in [6.07, 6.45) is 7.22. The molecule has 3 rings (SSSR count). The largest absolute Gasteiger partial charge is 0.370 e. The summed E-state index contributed by atoms with van der Waals surface area (Å²) in [6, 6.07) is 8.70. The highest BCUT2D eigenvalue weighted by Gasteiger charge is 2.43. The Bertz CT molecular complexity index is 386. The van der Waals surface area contributed by atoms with E-state index in [1.54, 1.807) is 0 Å². The van der Waals surface area contributed by atoms with E-state index in [2.05, 4.69) is 29.2 Å². The summed E-state index contributed by atoms with van der Waals surface area (Å²) in [4.78, 5) is 2.52. The van der Waals surface area contributed by atoms with Gasteiger partial charge in [0.05, 0.1) is 0 Å². The Morgan fingerprint density at radius 3 is 2.59 bits per heavy atom. The fourth-order valence-corrected chi connectivity index (χ4v) is 3.44. The first kappa shape index (κ1) is 11.1. The average Bonchev–Trinajstić information content (AvgIpc) is 2.37. The molecular weight excluding hydrogens is 208 g/mol. The smallest absolute Gasteiger partial charge is 0.0369 e. The first-order valence-corrected chi connectivity index (χ1v) is 6.85. The van der Waals surface area contributed by atoms with E-state index < -0.39 is 0 Å². The van der Waals surface area contributed by atoms with Crippen molar-refractivity contribution in [2.24, 2.45) is 11.1 Å². The molecule has 92 valence electrons. The predicted molar refractivity (Wildman–Crippen MR) is 72.1 cm³/mol. The van der Waals surface area contributed by atoms with Crippen LogP contribution in [0.4, 0.5) is 5.69 Å². The number of nitrogens with zero attached hydrogens (tertiary/aromatic N) is 1. The van der Waals surface area contributed by atoms with Gasteiger partial charge in [-0.25, -0.2) is 0 Å². The third kappa shape index (κ3) is 2.06. The van der Waals surface area contributed by atoms with E-state index in [1.807, 2.05) is 0 Å². The maximum absolute atomic E-state index is 5.70. The molecule has 2 heteroatoms. The molecule has 2 N–H and O–H groups in total. The minimum Gasteiger partial charge on any atom is -0.370 e. The van der Waals surface area contributed by atoms with E-state index in [0.717, 1.165) is 0 Å². The molecule has 2 fully saturated rings. The highest BCUT2D eigenvalue weighted by atomic mass is 15.2. The molecule has 1 spiro atoms. The topological polar surface area (TPSA) is 29.3 Å². The SMILES string of the molecule is NCc1cccc(N2CC3(CCCCC3)C2)c1.